The van der Waals surface area contributed by atoms with Gasteiger partial charge in [-0.05, 0) is 28.8 Å². The maximum atomic E-state index is 5.01. The topological polar surface area (TPSA) is 39.1 Å². The van der Waals surface area contributed by atoms with Gasteiger partial charge in [0.25, 0.3) is 0 Å². The van der Waals surface area contributed by atoms with Gasteiger partial charge in [-0.3, -0.25) is 0 Å². The Labute approximate surface area is 112 Å². The van der Waals surface area contributed by atoms with Crippen LogP contribution in [-0.2, 0) is 17.8 Å². The maximum absolute atomic E-state index is 5.01. The number of hydrogen-bond donors (Lipinski definition) is 1. The molecule has 0 unspecified atom stereocenters. The van der Waals surface area contributed by atoms with Crippen molar-refractivity contribution in [1.82, 2.24) is 14.9 Å². The highest BCUT2D eigenvalue weighted by atomic mass is 32.1. The van der Waals surface area contributed by atoms with E-state index in [2.05, 4.69) is 32.6 Å². The van der Waals surface area contributed by atoms with Crippen LogP contribution >= 0.6 is 11.3 Å². The molecule has 0 aliphatic heterocycles. The Morgan fingerprint density at radius 3 is 3.06 bits per heavy atom. The highest BCUT2D eigenvalue weighted by molar-refractivity contribution is 7.08. The number of nitrogens with one attached hydrogen (secondary N) is 1. The summed E-state index contributed by atoms with van der Waals surface area (Å²) in [7, 11) is 1.71. The van der Waals surface area contributed by atoms with E-state index in [0.717, 1.165) is 26.2 Å². The molecule has 1 N–H and O–H groups in total. The summed E-state index contributed by atoms with van der Waals surface area (Å²) in [4.78, 5) is 4.23. The van der Waals surface area contributed by atoms with E-state index in [1.54, 1.807) is 18.4 Å². The van der Waals surface area contributed by atoms with Gasteiger partial charge in [-0.1, -0.05) is 0 Å². The van der Waals surface area contributed by atoms with Crippen LogP contribution in [0.25, 0.3) is 0 Å². The molecular formula is C13H19N3OS. The molecule has 0 aliphatic rings. The predicted molar refractivity (Wildman–Crippen MR) is 74.0 cm³/mol. The lowest BCUT2D eigenvalue weighted by Crippen LogP contribution is -2.20. The molecule has 2 aromatic rings. The number of hydrogen-bond acceptors (Lipinski definition) is 4. The second-order valence-corrected chi connectivity index (χ2v) is 5.01. The smallest absolute Gasteiger partial charge is 0.0951 e. The van der Waals surface area contributed by atoms with Crippen molar-refractivity contribution in [1.29, 1.82) is 0 Å². The normalized spacial score (nSPS) is 11.0. The number of rotatable bonds is 7. The molecule has 5 heteroatoms. The monoisotopic (exact) mass is 265 g/mol. The fourth-order valence-electron chi connectivity index (χ4n) is 1.76. The van der Waals surface area contributed by atoms with Gasteiger partial charge in [0.2, 0.25) is 0 Å². The van der Waals surface area contributed by atoms with E-state index in [1.807, 2.05) is 12.5 Å². The fraction of sp³-hybridized carbons (Fsp3) is 0.462. The Kier molecular flexibility index (Phi) is 4.92. The van der Waals surface area contributed by atoms with E-state index in [1.165, 1.54) is 16.8 Å². The number of methoxy groups -OCH3 is 1. The van der Waals surface area contributed by atoms with Crippen molar-refractivity contribution < 1.29 is 4.74 Å². The summed E-state index contributed by atoms with van der Waals surface area (Å²) in [6.45, 7) is 5.47. The molecule has 2 aromatic heterocycles. The second-order valence-electron chi connectivity index (χ2n) is 4.26. The minimum Gasteiger partial charge on any atom is -0.383 e. The standard InChI is InChI=1S/C13H19N3OS/c1-11-8-18-9-12(11)7-16-10-15-6-13(16)5-14-3-4-17-2/h6,8-10,14H,3-5,7H2,1-2H3. The minimum absolute atomic E-state index is 0.734. The van der Waals surface area contributed by atoms with Gasteiger partial charge < -0.3 is 14.6 Å². The van der Waals surface area contributed by atoms with E-state index in [4.69, 9.17) is 4.74 Å². The lowest BCUT2D eigenvalue weighted by molar-refractivity contribution is 0.199. The zero-order chi connectivity index (χ0) is 12.8. The van der Waals surface area contributed by atoms with E-state index in [0.29, 0.717) is 0 Å². The zero-order valence-electron chi connectivity index (χ0n) is 10.8. The van der Waals surface area contributed by atoms with E-state index < -0.39 is 0 Å². The van der Waals surface area contributed by atoms with Gasteiger partial charge in [-0.15, -0.1) is 0 Å². The average molecular weight is 265 g/mol. The summed E-state index contributed by atoms with van der Waals surface area (Å²) in [5.74, 6) is 0. The van der Waals surface area contributed by atoms with Crippen molar-refractivity contribution in [2.75, 3.05) is 20.3 Å². The Balaban J connectivity index is 1.93. The van der Waals surface area contributed by atoms with Crippen LogP contribution in [0.1, 0.15) is 16.8 Å². The Bertz CT molecular complexity index is 478. The summed E-state index contributed by atoms with van der Waals surface area (Å²) < 4.78 is 7.20. The molecule has 0 saturated carbocycles. The first-order valence-electron chi connectivity index (χ1n) is 6.01. The van der Waals surface area contributed by atoms with Gasteiger partial charge >= 0.3 is 0 Å². The summed E-state index contributed by atoms with van der Waals surface area (Å²) in [5, 5.41) is 7.73. The quantitative estimate of drug-likeness (QED) is 0.779. The first-order valence-corrected chi connectivity index (χ1v) is 6.96. The van der Waals surface area contributed by atoms with Crippen LogP contribution in [0.15, 0.2) is 23.3 Å². The van der Waals surface area contributed by atoms with Crippen molar-refractivity contribution in [3.05, 3.63) is 40.1 Å². The van der Waals surface area contributed by atoms with Gasteiger partial charge in [0.05, 0.1) is 18.6 Å². The van der Waals surface area contributed by atoms with Crippen LogP contribution in [0.5, 0.6) is 0 Å². The maximum Gasteiger partial charge on any atom is 0.0951 e. The van der Waals surface area contributed by atoms with Gasteiger partial charge in [0, 0.05) is 32.9 Å². The molecule has 2 rings (SSSR count). The number of imidazole rings is 1. The van der Waals surface area contributed by atoms with E-state index >= 15 is 0 Å². The highest BCUT2D eigenvalue weighted by Crippen LogP contribution is 2.15. The fourth-order valence-corrected chi connectivity index (χ4v) is 2.61. The molecule has 0 aromatic carbocycles. The third-order valence-electron chi connectivity index (χ3n) is 2.89. The molecule has 4 nitrogen and oxygen atoms in total. The number of nitrogens with zero attached hydrogens (tertiary/aromatic N) is 2. The SMILES string of the molecule is COCCNCc1cncn1Cc1cscc1C. The summed E-state index contributed by atoms with van der Waals surface area (Å²) in [5.41, 5.74) is 3.93. The molecule has 0 amide bonds. The molecule has 18 heavy (non-hydrogen) atoms. The van der Waals surface area contributed by atoms with Crippen LogP contribution in [0.2, 0.25) is 0 Å². The Morgan fingerprint density at radius 1 is 1.44 bits per heavy atom. The zero-order valence-corrected chi connectivity index (χ0v) is 11.7. The number of ether oxygens (including phenoxy) is 1. The number of aryl methyl sites for hydroxylation is 1. The van der Waals surface area contributed by atoms with Crippen LogP contribution in [0.4, 0.5) is 0 Å². The highest BCUT2D eigenvalue weighted by Gasteiger charge is 2.05. The third kappa shape index (κ3) is 3.41. The van der Waals surface area contributed by atoms with E-state index in [-0.39, 0.29) is 0 Å². The van der Waals surface area contributed by atoms with Crippen molar-refractivity contribution in [2.45, 2.75) is 20.0 Å². The lowest BCUT2D eigenvalue weighted by atomic mass is 10.2. The largest absolute Gasteiger partial charge is 0.383 e. The molecule has 2 heterocycles. The number of aromatic nitrogens is 2. The molecule has 0 radical (unpaired) electrons. The summed E-state index contributed by atoms with van der Waals surface area (Å²) >= 11 is 1.75. The van der Waals surface area contributed by atoms with Crippen LogP contribution in [0, 0.1) is 6.92 Å². The minimum atomic E-state index is 0.734. The molecule has 0 fully saturated rings. The van der Waals surface area contributed by atoms with Gasteiger partial charge in [0.15, 0.2) is 0 Å². The molecule has 0 atom stereocenters. The summed E-state index contributed by atoms with van der Waals surface area (Å²) in [6.07, 6.45) is 3.81. The molecule has 0 saturated heterocycles. The molecule has 0 bridgehead atoms. The molecule has 0 spiro atoms. The average Bonchev–Trinajstić information content (AvgIpc) is 2.96. The van der Waals surface area contributed by atoms with Crippen molar-refractivity contribution in [3.63, 3.8) is 0 Å². The Hall–Kier alpha value is -1.17. The first kappa shape index (κ1) is 13.3. The molecule has 98 valence electrons. The second kappa shape index (κ2) is 6.68. The lowest BCUT2D eigenvalue weighted by Gasteiger charge is -2.09. The summed E-state index contributed by atoms with van der Waals surface area (Å²) in [6, 6.07) is 0. The van der Waals surface area contributed by atoms with Crippen molar-refractivity contribution >= 4 is 11.3 Å². The Morgan fingerprint density at radius 2 is 2.33 bits per heavy atom. The number of thiophene rings is 1. The van der Waals surface area contributed by atoms with Gasteiger partial charge in [-0.2, -0.15) is 11.3 Å². The predicted octanol–water partition coefficient (Wildman–Crippen LogP) is 2.04. The third-order valence-corrected chi connectivity index (χ3v) is 3.80. The molecular weight excluding hydrogens is 246 g/mol. The van der Waals surface area contributed by atoms with E-state index in [9.17, 15) is 0 Å². The molecule has 0 aliphatic carbocycles. The van der Waals surface area contributed by atoms with Gasteiger partial charge in [0.1, 0.15) is 0 Å². The van der Waals surface area contributed by atoms with Crippen LogP contribution in [0.3, 0.4) is 0 Å². The van der Waals surface area contributed by atoms with Gasteiger partial charge in [-0.25, -0.2) is 4.98 Å². The van der Waals surface area contributed by atoms with Crippen LogP contribution < -0.4 is 5.32 Å². The first-order chi connectivity index (χ1) is 8.81. The van der Waals surface area contributed by atoms with Crippen LogP contribution in [-0.4, -0.2) is 29.8 Å². The van der Waals surface area contributed by atoms with Crippen molar-refractivity contribution in [2.24, 2.45) is 0 Å². The van der Waals surface area contributed by atoms with Crippen molar-refractivity contribution in [3.8, 4) is 0 Å².